The highest BCUT2D eigenvalue weighted by atomic mass is 35.5. The average Bonchev–Trinajstić information content (AvgIpc) is 3.44. The maximum Gasteiger partial charge on any atom is 0.410 e. The largest absolute Gasteiger partial charge is 0.444 e. The number of aromatic nitrogens is 5. The van der Waals surface area contributed by atoms with Gasteiger partial charge in [0.1, 0.15) is 11.0 Å². The maximum atomic E-state index is 13.6. The van der Waals surface area contributed by atoms with Crippen LogP contribution >= 0.6 is 23.2 Å². The highest BCUT2D eigenvalue weighted by Gasteiger charge is 2.31. The first-order valence-corrected chi connectivity index (χ1v) is 14.4. The number of benzene rings is 2. The van der Waals surface area contributed by atoms with Crippen molar-refractivity contribution in [3.8, 4) is 5.69 Å². The number of nitrogens with zero attached hydrogens (tertiary/aromatic N) is 6. The Hall–Kier alpha value is -4.15. The number of halogens is 2. The van der Waals surface area contributed by atoms with E-state index in [1.807, 2.05) is 49.9 Å². The molecule has 6 rings (SSSR count). The molecule has 216 valence electrons. The lowest BCUT2D eigenvalue weighted by molar-refractivity contribution is 0.00951. The van der Waals surface area contributed by atoms with Gasteiger partial charge in [0.15, 0.2) is 5.65 Å². The molecule has 1 amide bonds. The first-order valence-electron chi connectivity index (χ1n) is 13.7. The van der Waals surface area contributed by atoms with Crippen LogP contribution in [-0.4, -0.2) is 47.1 Å². The van der Waals surface area contributed by atoms with Crippen LogP contribution in [0.25, 0.3) is 22.5 Å². The standard InChI is InChI=1S/C30H29Cl2N7O3/c1-30(2,3)42-29(41)37-15-5-4-9-23(37)18-10-12-19(13-11-18)35-27-34-17-20-25(36-27)38-16-14-33-28(38)39(26(20)40)24-21(31)7-6-8-22(24)32/h6-8,10-14,16-17,23H,4-5,9,15H2,1-3H3,(H,34,35,36). The third-order valence-corrected chi connectivity index (χ3v) is 7.71. The van der Waals surface area contributed by atoms with E-state index < -0.39 is 11.2 Å². The van der Waals surface area contributed by atoms with Crippen LogP contribution in [0.5, 0.6) is 0 Å². The fourth-order valence-corrected chi connectivity index (χ4v) is 5.81. The molecule has 1 aliphatic heterocycles. The van der Waals surface area contributed by atoms with E-state index in [1.54, 1.807) is 35.0 Å². The van der Waals surface area contributed by atoms with E-state index in [2.05, 4.69) is 20.3 Å². The molecule has 0 aliphatic carbocycles. The molecule has 1 N–H and O–H groups in total. The molecule has 1 aliphatic rings. The minimum Gasteiger partial charge on any atom is -0.444 e. The lowest BCUT2D eigenvalue weighted by Crippen LogP contribution is -2.41. The Labute approximate surface area is 251 Å². The Morgan fingerprint density at radius 3 is 2.50 bits per heavy atom. The Kier molecular flexibility index (Phi) is 7.28. The van der Waals surface area contributed by atoms with Crippen LogP contribution in [0, 0.1) is 0 Å². The number of rotatable bonds is 4. The van der Waals surface area contributed by atoms with Crippen molar-refractivity contribution in [3.05, 3.63) is 87.0 Å². The molecule has 1 saturated heterocycles. The van der Waals surface area contributed by atoms with Crippen LogP contribution in [0.15, 0.2) is 65.8 Å². The van der Waals surface area contributed by atoms with Crippen molar-refractivity contribution >= 4 is 57.7 Å². The average molecular weight is 607 g/mol. The number of piperidine rings is 1. The summed E-state index contributed by atoms with van der Waals surface area (Å²) in [7, 11) is 0. The quantitative estimate of drug-likeness (QED) is 0.236. The Morgan fingerprint density at radius 2 is 1.79 bits per heavy atom. The minimum absolute atomic E-state index is 0.0529. The fourth-order valence-electron chi connectivity index (χ4n) is 5.24. The summed E-state index contributed by atoms with van der Waals surface area (Å²) in [5.41, 5.74) is 1.58. The van der Waals surface area contributed by atoms with Crippen molar-refractivity contribution in [2.24, 2.45) is 0 Å². The van der Waals surface area contributed by atoms with Crippen LogP contribution in [0.2, 0.25) is 10.0 Å². The summed E-state index contributed by atoms with van der Waals surface area (Å²) < 4.78 is 8.72. The Balaban J connectivity index is 1.30. The van der Waals surface area contributed by atoms with Gasteiger partial charge in [0.25, 0.3) is 5.56 Å². The SMILES string of the molecule is CC(C)(C)OC(=O)N1CCCCC1c1ccc(Nc2ncc3c(=O)n(-c4c(Cl)cccc4Cl)c4nccn4c3n2)cc1. The van der Waals surface area contributed by atoms with E-state index in [-0.39, 0.29) is 17.5 Å². The summed E-state index contributed by atoms with van der Waals surface area (Å²) in [4.78, 5) is 41.7. The van der Waals surface area contributed by atoms with Crippen molar-refractivity contribution in [2.45, 2.75) is 51.7 Å². The number of hydrogen-bond donors (Lipinski definition) is 1. The van der Waals surface area contributed by atoms with Gasteiger partial charge in [-0.25, -0.2) is 19.3 Å². The molecule has 1 unspecified atom stereocenters. The predicted molar refractivity (Wildman–Crippen MR) is 163 cm³/mol. The van der Waals surface area contributed by atoms with Gasteiger partial charge in [-0.15, -0.1) is 0 Å². The number of ether oxygens (including phenoxy) is 1. The fraction of sp³-hybridized carbons (Fsp3) is 0.300. The molecule has 12 heteroatoms. The normalized spacial score (nSPS) is 15.7. The van der Waals surface area contributed by atoms with Gasteiger partial charge in [0.05, 0.1) is 21.8 Å². The first-order chi connectivity index (χ1) is 20.1. The number of para-hydroxylation sites is 1. The highest BCUT2D eigenvalue weighted by Crippen LogP contribution is 2.33. The molecular weight excluding hydrogens is 577 g/mol. The summed E-state index contributed by atoms with van der Waals surface area (Å²) in [5, 5.41) is 4.13. The second-order valence-corrected chi connectivity index (χ2v) is 12.0. The lowest BCUT2D eigenvalue weighted by atomic mass is 9.95. The van der Waals surface area contributed by atoms with Crippen LogP contribution in [0.3, 0.4) is 0 Å². The molecule has 3 aromatic heterocycles. The van der Waals surface area contributed by atoms with Crippen molar-refractivity contribution in [1.29, 1.82) is 0 Å². The van der Waals surface area contributed by atoms with Crippen LogP contribution in [0.1, 0.15) is 51.6 Å². The number of nitrogens with one attached hydrogen (secondary N) is 1. The molecule has 5 aromatic rings. The molecule has 0 saturated carbocycles. The number of imidazole rings is 1. The molecule has 10 nitrogen and oxygen atoms in total. The molecular formula is C30H29Cl2N7O3. The summed E-state index contributed by atoms with van der Waals surface area (Å²) in [6.07, 6.45) is 7.35. The first kappa shape index (κ1) is 28.0. The van der Waals surface area contributed by atoms with E-state index in [0.717, 1.165) is 30.5 Å². The van der Waals surface area contributed by atoms with Gasteiger partial charge in [-0.1, -0.05) is 41.4 Å². The topological polar surface area (TPSA) is 107 Å². The number of likely N-dealkylation sites (tertiary alicyclic amines) is 1. The molecule has 0 radical (unpaired) electrons. The van der Waals surface area contributed by atoms with Crippen molar-refractivity contribution in [2.75, 3.05) is 11.9 Å². The van der Waals surface area contributed by atoms with E-state index in [4.69, 9.17) is 27.9 Å². The van der Waals surface area contributed by atoms with Gasteiger partial charge in [-0.05, 0) is 69.9 Å². The zero-order chi connectivity index (χ0) is 29.6. The van der Waals surface area contributed by atoms with Crippen LogP contribution in [-0.2, 0) is 4.74 Å². The van der Waals surface area contributed by atoms with Crippen molar-refractivity contribution < 1.29 is 9.53 Å². The maximum absolute atomic E-state index is 13.6. The monoisotopic (exact) mass is 605 g/mol. The lowest BCUT2D eigenvalue weighted by Gasteiger charge is -2.37. The highest BCUT2D eigenvalue weighted by molar-refractivity contribution is 6.37. The second-order valence-electron chi connectivity index (χ2n) is 11.2. The summed E-state index contributed by atoms with van der Waals surface area (Å²) in [6, 6.07) is 12.8. The minimum atomic E-state index is -0.552. The number of amides is 1. The molecule has 42 heavy (non-hydrogen) atoms. The summed E-state index contributed by atoms with van der Waals surface area (Å²) >= 11 is 12.9. The number of fused-ring (bicyclic) bond motifs is 3. The van der Waals surface area contributed by atoms with Gasteiger partial charge in [0.2, 0.25) is 11.7 Å². The van der Waals surface area contributed by atoms with E-state index in [1.165, 1.54) is 10.8 Å². The van der Waals surface area contributed by atoms with Gasteiger partial charge in [0, 0.05) is 30.8 Å². The smallest absolute Gasteiger partial charge is 0.410 e. The van der Waals surface area contributed by atoms with Crippen molar-refractivity contribution in [3.63, 3.8) is 0 Å². The Morgan fingerprint density at radius 1 is 1.05 bits per heavy atom. The zero-order valence-corrected chi connectivity index (χ0v) is 24.9. The van der Waals surface area contributed by atoms with Crippen LogP contribution < -0.4 is 10.9 Å². The van der Waals surface area contributed by atoms with Gasteiger partial charge >= 0.3 is 6.09 Å². The zero-order valence-electron chi connectivity index (χ0n) is 23.3. The molecule has 1 atom stereocenters. The third-order valence-electron chi connectivity index (χ3n) is 7.10. The molecule has 0 bridgehead atoms. The van der Waals surface area contributed by atoms with E-state index in [9.17, 15) is 9.59 Å². The number of hydrogen-bond acceptors (Lipinski definition) is 7. The van der Waals surface area contributed by atoms with Crippen molar-refractivity contribution in [1.82, 2.24) is 28.8 Å². The van der Waals surface area contributed by atoms with E-state index in [0.29, 0.717) is 39.7 Å². The van der Waals surface area contributed by atoms with Gasteiger partial charge < -0.3 is 15.0 Å². The summed E-state index contributed by atoms with van der Waals surface area (Å²) in [6.45, 7) is 6.29. The van der Waals surface area contributed by atoms with E-state index >= 15 is 0 Å². The third kappa shape index (κ3) is 5.28. The molecule has 4 heterocycles. The number of carbonyl (C=O) groups excluding carboxylic acids is 1. The Bertz CT molecular complexity index is 1840. The molecule has 1 fully saturated rings. The number of anilines is 2. The predicted octanol–water partition coefficient (Wildman–Crippen LogP) is 6.94. The van der Waals surface area contributed by atoms with Gasteiger partial charge in [-0.3, -0.25) is 9.20 Å². The second kappa shape index (κ2) is 10.9. The summed E-state index contributed by atoms with van der Waals surface area (Å²) in [5.74, 6) is 0.629. The molecule has 0 spiro atoms. The number of carbonyl (C=O) groups is 1. The van der Waals surface area contributed by atoms with Gasteiger partial charge in [-0.2, -0.15) is 4.98 Å². The van der Waals surface area contributed by atoms with Crippen LogP contribution in [0.4, 0.5) is 16.4 Å². The molecule has 2 aromatic carbocycles.